The minimum absolute atomic E-state index is 0.122. The highest BCUT2D eigenvalue weighted by Crippen LogP contribution is 2.33. The number of nitrogens with zero attached hydrogens (tertiary/aromatic N) is 2. The smallest absolute Gasteiger partial charge is 0.381 e. The quantitative estimate of drug-likeness (QED) is 0.617. The maximum atomic E-state index is 12.6. The molecule has 25 heavy (non-hydrogen) atoms. The summed E-state index contributed by atoms with van der Waals surface area (Å²) in [6, 6.07) is 2.22. The monoisotopic (exact) mass is 401 g/mol. The van der Waals surface area contributed by atoms with Gasteiger partial charge >= 0.3 is 15.5 Å². The van der Waals surface area contributed by atoms with E-state index in [1.807, 2.05) is 0 Å². The van der Waals surface area contributed by atoms with Crippen LogP contribution < -0.4 is 5.32 Å². The summed E-state index contributed by atoms with van der Waals surface area (Å²) in [7, 11) is -5.32. The lowest BCUT2D eigenvalue weighted by Gasteiger charge is -2.32. The number of hydrogen-bond acceptors (Lipinski definition) is 5. The molecule has 0 aliphatic carbocycles. The van der Waals surface area contributed by atoms with Crippen LogP contribution in [-0.4, -0.2) is 42.3 Å². The van der Waals surface area contributed by atoms with E-state index in [9.17, 15) is 31.7 Å². The number of nitrogens with one attached hydrogen (secondary N) is 1. The Bertz CT molecular complexity index is 754. The molecule has 2 rings (SSSR count). The van der Waals surface area contributed by atoms with E-state index in [-0.39, 0.29) is 42.7 Å². The molecule has 1 N–H and O–H groups in total. The number of nitro groups is 1. The van der Waals surface area contributed by atoms with Crippen molar-refractivity contribution >= 4 is 33.0 Å². The Morgan fingerprint density at radius 1 is 1.32 bits per heavy atom. The van der Waals surface area contributed by atoms with Crippen LogP contribution in [-0.2, 0) is 10.0 Å². The summed E-state index contributed by atoms with van der Waals surface area (Å²) in [5, 5.41) is 13.9. The fourth-order valence-corrected chi connectivity index (χ4v) is 3.90. The number of aryl methyl sites for hydroxylation is 1. The summed E-state index contributed by atoms with van der Waals surface area (Å²) in [4.78, 5) is 10.2. The van der Waals surface area contributed by atoms with Crippen molar-refractivity contribution in [3.63, 3.8) is 0 Å². The molecule has 1 fully saturated rings. The molecule has 0 atom stereocenters. The molecule has 0 spiro atoms. The van der Waals surface area contributed by atoms with Crippen LogP contribution in [0.3, 0.4) is 0 Å². The van der Waals surface area contributed by atoms with E-state index < -0.39 is 20.5 Å². The first-order chi connectivity index (χ1) is 11.4. The molecule has 1 aliphatic heterocycles. The Morgan fingerprint density at radius 3 is 2.32 bits per heavy atom. The van der Waals surface area contributed by atoms with Gasteiger partial charge in [-0.3, -0.25) is 10.1 Å². The molecule has 1 heterocycles. The van der Waals surface area contributed by atoms with Crippen molar-refractivity contribution in [1.82, 2.24) is 4.31 Å². The zero-order valence-electron chi connectivity index (χ0n) is 13.0. The molecule has 1 aromatic rings. The molecule has 140 valence electrons. The van der Waals surface area contributed by atoms with Crippen LogP contribution in [0.25, 0.3) is 0 Å². The standard InChI is InChI=1S/C13H15ClF3N3O4S/c1-8-6-10(20(21)22)7-11(14)12(8)18-9-2-4-19(5-3-9)25(23,24)13(15,16)17/h6-7,9,18H,2-5H2,1H3. The Morgan fingerprint density at radius 2 is 1.88 bits per heavy atom. The predicted octanol–water partition coefficient (Wildman–Crippen LogP) is 3.28. The third kappa shape index (κ3) is 4.15. The van der Waals surface area contributed by atoms with Crippen LogP contribution >= 0.6 is 11.6 Å². The third-order valence-electron chi connectivity index (χ3n) is 3.92. The summed E-state index contributed by atoms with van der Waals surface area (Å²) in [5.74, 6) is 0. The van der Waals surface area contributed by atoms with E-state index >= 15 is 0 Å². The van der Waals surface area contributed by atoms with Crippen LogP contribution in [0.4, 0.5) is 24.5 Å². The molecule has 0 bridgehead atoms. The lowest BCUT2D eigenvalue weighted by Crippen LogP contribution is -2.47. The Balaban J connectivity index is 2.07. The second-order valence-corrected chi connectivity index (χ2v) is 7.98. The number of anilines is 1. The van der Waals surface area contributed by atoms with Crippen molar-refractivity contribution in [3.05, 3.63) is 32.8 Å². The summed E-state index contributed by atoms with van der Waals surface area (Å²) in [5.41, 5.74) is -4.51. The average Bonchev–Trinajstić information content (AvgIpc) is 2.50. The number of piperidine rings is 1. The molecule has 0 amide bonds. The maximum absolute atomic E-state index is 12.6. The lowest BCUT2D eigenvalue weighted by molar-refractivity contribution is -0.384. The Labute approximate surface area is 147 Å². The van der Waals surface area contributed by atoms with Gasteiger partial charge in [-0.2, -0.15) is 17.5 Å². The van der Waals surface area contributed by atoms with Gasteiger partial charge in [0.15, 0.2) is 0 Å². The van der Waals surface area contributed by atoms with Gasteiger partial charge in [-0.25, -0.2) is 8.42 Å². The highest BCUT2D eigenvalue weighted by atomic mass is 35.5. The van der Waals surface area contributed by atoms with Gasteiger partial charge in [0.05, 0.1) is 15.6 Å². The van der Waals surface area contributed by atoms with Crippen LogP contribution in [0, 0.1) is 17.0 Å². The van der Waals surface area contributed by atoms with Gasteiger partial charge in [-0.05, 0) is 25.3 Å². The van der Waals surface area contributed by atoms with E-state index in [4.69, 9.17) is 11.6 Å². The number of benzene rings is 1. The molecule has 0 radical (unpaired) electrons. The van der Waals surface area contributed by atoms with Crippen molar-refractivity contribution < 1.29 is 26.5 Å². The van der Waals surface area contributed by atoms with E-state index in [0.717, 1.165) is 0 Å². The van der Waals surface area contributed by atoms with Crippen molar-refractivity contribution in [2.24, 2.45) is 0 Å². The largest absolute Gasteiger partial charge is 0.511 e. The van der Waals surface area contributed by atoms with Crippen molar-refractivity contribution in [2.45, 2.75) is 31.3 Å². The van der Waals surface area contributed by atoms with E-state index in [2.05, 4.69) is 5.32 Å². The average molecular weight is 402 g/mol. The molecule has 0 unspecified atom stereocenters. The summed E-state index contributed by atoms with van der Waals surface area (Å²) >= 11 is 6.04. The highest BCUT2D eigenvalue weighted by molar-refractivity contribution is 7.90. The zero-order chi connectivity index (χ0) is 19.0. The van der Waals surface area contributed by atoms with Crippen molar-refractivity contribution in [3.8, 4) is 0 Å². The van der Waals surface area contributed by atoms with Crippen LogP contribution in [0.1, 0.15) is 18.4 Å². The first kappa shape index (κ1) is 19.7. The normalized spacial score (nSPS) is 17.5. The van der Waals surface area contributed by atoms with E-state index in [0.29, 0.717) is 15.6 Å². The summed E-state index contributed by atoms with van der Waals surface area (Å²) in [6.07, 6.45) is 0.310. The van der Waals surface area contributed by atoms with Gasteiger partial charge in [-0.15, -0.1) is 0 Å². The minimum Gasteiger partial charge on any atom is -0.381 e. The van der Waals surface area contributed by atoms with Crippen LogP contribution in [0.5, 0.6) is 0 Å². The molecular formula is C13H15ClF3N3O4S. The number of alkyl halides is 3. The first-order valence-corrected chi connectivity index (χ1v) is 9.03. The predicted molar refractivity (Wildman–Crippen MR) is 86.0 cm³/mol. The SMILES string of the molecule is Cc1cc([N+](=O)[O-])cc(Cl)c1NC1CCN(S(=O)(=O)C(F)(F)F)CC1. The number of nitro benzene ring substituents is 1. The van der Waals surface area contributed by atoms with Crippen molar-refractivity contribution in [1.29, 1.82) is 0 Å². The number of sulfonamides is 1. The molecule has 12 heteroatoms. The van der Waals surface area contributed by atoms with Crippen LogP contribution in [0.15, 0.2) is 12.1 Å². The van der Waals surface area contributed by atoms with E-state index in [1.54, 1.807) is 6.92 Å². The Hall–Kier alpha value is -1.59. The first-order valence-electron chi connectivity index (χ1n) is 7.21. The minimum atomic E-state index is -5.32. The summed E-state index contributed by atoms with van der Waals surface area (Å²) < 4.78 is 60.8. The second-order valence-electron chi connectivity index (χ2n) is 5.65. The number of halogens is 4. The third-order valence-corrected chi connectivity index (χ3v) is 5.85. The maximum Gasteiger partial charge on any atom is 0.511 e. The number of hydrogen-bond donors (Lipinski definition) is 1. The molecule has 0 saturated carbocycles. The summed E-state index contributed by atoms with van der Waals surface area (Å²) in [6.45, 7) is 1.07. The van der Waals surface area contributed by atoms with Gasteiger partial charge in [-0.1, -0.05) is 11.6 Å². The number of non-ortho nitro benzene ring substituents is 1. The highest BCUT2D eigenvalue weighted by Gasteiger charge is 2.50. The van der Waals surface area contributed by atoms with Crippen molar-refractivity contribution in [2.75, 3.05) is 18.4 Å². The fraction of sp³-hybridized carbons (Fsp3) is 0.538. The van der Waals surface area contributed by atoms with Crippen LogP contribution in [0.2, 0.25) is 5.02 Å². The Kier molecular flexibility index (Phi) is 5.50. The molecule has 1 aromatic carbocycles. The lowest BCUT2D eigenvalue weighted by atomic mass is 10.1. The van der Waals surface area contributed by atoms with Gasteiger partial charge in [0.2, 0.25) is 0 Å². The molecule has 1 saturated heterocycles. The van der Waals surface area contributed by atoms with Gasteiger partial charge < -0.3 is 5.32 Å². The topological polar surface area (TPSA) is 92.6 Å². The van der Waals surface area contributed by atoms with Gasteiger partial charge in [0.25, 0.3) is 5.69 Å². The fourth-order valence-electron chi connectivity index (χ4n) is 2.61. The van der Waals surface area contributed by atoms with Gasteiger partial charge in [0.1, 0.15) is 0 Å². The number of rotatable bonds is 4. The zero-order valence-corrected chi connectivity index (χ0v) is 14.6. The molecule has 0 aromatic heterocycles. The molecule has 7 nitrogen and oxygen atoms in total. The van der Waals surface area contributed by atoms with Gasteiger partial charge in [0, 0.05) is 31.3 Å². The molecule has 1 aliphatic rings. The molecular weight excluding hydrogens is 387 g/mol. The second kappa shape index (κ2) is 6.96. The van der Waals surface area contributed by atoms with E-state index in [1.165, 1.54) is 12.1 Å².